The maximum absolute atomic E-state index is 11.3. The fourth-order valence-electron chi connectivity index (χ4n) is 2.26. The van der Waals surface area contributed by atoms with E-state index in [4.69, 9.17) is 4.74 Å². The number of carbonyl (C=O) groups excluding carboxylic acids is 2. The van der Waals surface area contributed by atoms with E-state index in [0.29, 0.717) is 6.42 Å². The molecular formula is C13H22O4. The van der Waals surface area contributed by atoms with Crippen molar-refractivity contribution >= 4 is 11.9 Å². The van der Waals surface area contributed by atoms with Crippen LogP contribution in [0.3, 0.4) is 0 Å². The molecule has 0 heterocycles. The van der Waals surface area contributed by atoms with Crippen LogP contribution in [0.15, 0.2) is 0 Å². The molecule has 0 radical (unpaired) electrons. The molecule has 0 spiro atoms. The van der Waals surface area contributed by atoms with E-state index >= 15 is 0 Å². The second kappa shape index (κ2) is 8.09. The van der Waals surface area contributed by atoms with E-state index in [-0.39, 0.29) is 12.8 Å². The molecule has 0 aliphatic heterocycles. The van der Waals surface area contributed by atoms with Crippen molar-refractivity contribution in [2.75, 3.05) is 6.79 Å². The van der Waals surface area contributed by atoms with Crippen LogP contribution in [0.4, 0.5) is 0 Å². The van der Waals surface area contributed by atoms with Crippen LogP contribution in [-0.4, -0.2) is 18.7 Å². The van der Waals surface area contributed by atoms with E-state index in [0.717, 1.165) is 18.8 Å². The third kappa shape index (κ3) is 6.97. The number of hydrogen-bond acceptors (Lipinski definition) is 4. The Labute approximate surface area is 103 Å². The van der Waals surface area contributed by atoms with Gasteiger partial charge in [-0.3, -0.25) is 9.59 Å². The van der Waals surface area contributed by atoms with E-state index in [9.17, 15) is 9.59 Å². The van der Waals surface area contributed by atoms with Crippen molar-refractivity contribution in [2.24, 2.45) is 5.92 Å². The predicted octanol–water partition coefficient (Wildman–Crippen LogP) is 2.80. The van der Waals surface area contributed by atoms with E-state index in [2.05, 4.69) is 4.74 Å². The molecule has 0 atom stereocenters. The Balaban J connectivity index is 1.97. The summed E-state index contributed by atoms with van der Waals surface area (Å²) in [4.78, 5) is 21.7. The lowest BCUT2D eigenvalue weighted by Crippen LogP contribution is -2.11. The standard InChI is InChI=1S/C13H22O4/c1-11(14)16-10-17-13(15)9-5-8-12-6-3-2-4-7-12/h12H,2-10H2,1H3. The Morgan fingerprint density at radius 3 is 2.47 bits per heavy atom. The van der Waals surface area contributed by atoms with E-state index in [1.54, 1.807) is 0 Å². The molecule has 17 heavy (non-hydrogen) atoms. The minimum Gasteiger partial charge on any atom is -0.428 e. The highest BCUT2D eigenvalue weighted by molar-refractivity contribution is 5.69. The van der Waals surface area contributed by atoms with Crippen LogP contribution in [0, 0.1) is 5.92 Å². The molecule has 98 valence electrons. The monoisotopic (exact) mass is 242 g/mol. The van der Waals surface area contributed by atoms with Gasteiger partial charge in [-0.1, -0.05) is 32.1 Å². The fraction of sp³-hybridized carbons (Fsp3) is 0.846. The third-order valence-corrected chi connectivity index (χ3v) is 3.20. The topological polar surface area (TPSA) is 52.6 Å². The van der Waals surface area contributed by atoms with Gasteiger partial charge in [-0.2, -0.15) is 0 Å². The number of carbonyl (C=O) groups is 2. The van der Waals surface area contributed by atoms with Gasteiger partial charge >= 0.3 is 11.9 Å². The molecule has 1 aliphatic rings. The molecule has 0 N–H and O–H groups in total. The second-order valence-electron chi connectivity index (χ2n) is 4.67. The van der Waals surface area contributed by atoms with Gasteiger partial charge in [0.05, 0.1) is 0 Å². The molecule has 4 nitrogen and oxygen atoms in total. The lowest BCUT2D eigenvalue weighted by molar-refractivity contribution is -0.165. The lowest BCUT2D eigenvalue weighted by atomic mass is 9.86. The van der Waals surface area contributed by atoms with Gasteiger partial charge in [0, 0.05) is 13.3 Å². The summed E-state index contributed by atoms with van der Waals surface area (Å²) in [5.74, 6) is 0.0899. The minimum atomic E-state index is -0.431. The first-order valence-corrected chi connectivity index (χ1v) is 6.47. The van der Waals surface area contributed by atoms with Gasteiger partial charge in [-0.15, -0.1) is 0 Å². The van der Waals surface area contributed by atoms with Crippen LogP contribution in [0.1, 0.15) is 58.3 Å². The average Bonchev–Trinajstić information content (AvgIpc) is 2.30. The van der Waals surface area contributed by atoms with Gasteiger partial charge < -0.3 is 9.47 Å². The van der Waals surface area contributed by atoms with Crippen LogP contribution in [0.5, 0.6) is 0 Å². The summed E-state index contributed by atoms with van der Waals surface area (Å²) in [6, 6.07) is 0. The Bertz CT molecular complexity index is 244. The molecule has 1 aliphatic carbocycles. The maximum Gasteiger partial charge on any atom is 0.308 e. The first-order valence-electron chi connectivity index (χ1n) is 6.47. The zero-order chi connectivity index (χ0) is 12.5. The van der Waals surface area contributed by atoms with Gasteiger partial charge in [0.15, 0.2) is 0 Å². The molecule has 0 bridgehead atoms. The summed E-state index contributed by atoms with van der Waals surface area (Å²) in [6.45, 7) is 1.04. The zero-order valence-electron chi connectivity index (χ0n) is 10.6. The fourth-order valence-corrected chi connectivity index (χ4v) is 2.26. The summed E-state index contributed by atoms with van der Waals surface area (Å²) in [6.07, 6.45) is 9.07. The molecule has 1 saturated carbocycles. The van der Waals surface area contributed by atoms with Crippen molar-refractivity contribution in [3.05, 3.63) is 0 Å². The Kier molecular flexibility index (Phi) is 6.67. The third-order valence-electron chi connectivity index (χ3n) is 3.20. The van der Waals surface area contributed by atoms with Crippen LogP contribution >= 0.6 is 0 Å². The van der Waals surface area contributed by atoms with E-state index < -0.39 is 5.97 Å². The van der Waals surface area contributed by atoms with Crippen molar-refractivity contribution in [3.63, 3.8) is 0 Å². The quantitative estimate of drug-likeness (QED) is 0.531. The van der Waals surface area contributed by atoms with Crippen molar-refractivity contribution in [1.82, 2.24) is 0 Å². The van der Waals surface area contributed by atoms with Crippen molar-refractivity contribution in [2.45, 2.75) is 58.3 Å². The summed E-state index contributed by atoms with van der Waals surface area (Å²) < 4.78 is 9.29. The van der Waals surface area contributed by atoms with E-state index in [1.807, 2.05) is 0 Å². The molecular weight excluding hydrogens is 220 g/mol. The normalized spacial score (nSPS) is 16.5. The SMILES string of the molecule is CC(=O)OCOC(=O)CCCC1CCCCC1. The van der Waals surface area contributed by atoms with Gasteiger partial charge in [0.2, 0.25) is 6.79 Å². The molecule has 4 heteroatoms. The Hall–Kier alpha value is -1.06. The summed E-state index contributed by atoms with van der Waals surface area (Å²) in [5, 5.41) is 0. The largest absolute Gasteiger partial charge is 0.428 e. The average molecular weight is 242 g/mol. The van der Waals surface area contributed by atoms with Gasteiger partial charge in [-0.05, 0) is 18.8 Å². The first-order chi connectivity index (χ1) is 8.18. The molecule has 1 fully saturated rings. The lowest BCUT2D eigenvalue weighted by Gasteiger charge is -2.20. The van der Waals surface area contributed by atoms with Crippen LogP contribution in [0.25, 0.3) is 0 Å². The molecule has 0 amide bonds. The first kappa shape index (κ1) is 14.0. The van der Waals surface area contributed by atoms with Crippen molar-refractivity contribution < 1.29 is 19.1 Å². The van der Waals surface area contributed by atoms with Gasteiger partial charge in [-0.25, -0.2) is 0 Å². The second-order valence-corrected chi connectivity index (χ2v) is 4.67. The smallest absolute Gasteiger partial charge is 0.308 e. The van der Waals surface area contributed by atoms with Crippen LogP contribution < -0.4 is 0 Å². The summed E-state index contributed by atoms with van der Waals surface area (Å²) >= 11 is 0. The maximum atomic E-state index is 11.3. The Morgan fingerprint density at radius 2 is 1.82 bits per heavy atom. The van der Waals surface area contributed by atoms with Crippen LogP contribution in [0.2, 0.25) is 0 Å². The molecule has 0 saturated heterocycles. The zero-order valence-corrected chi connectivity index (χ0v) is 10.6. The van der Waals surface area contributed by atoms with Crippen molar-refractivity contribution in [3.8, 4) is 0 Å². The predicted molar refractivity (Wildman–Crippen MR) is 63.2 cm³/mol. The molecule has 0 aromatic heterocycles. The molecule has 0 aromatic rings. The van der Waals surface area contributed by atoms with Gasteiger partial charge in [0.1, 0.15) is 0 Å². The van der Waals surface area contributed by atoms with Gasteiger partial charge in [0.25, 0.3) is 0 Å². The number of rotatable bonds is 6. The Morgan fingerprint density at radius 1 is 1.12 bits per heavy atom. The minimum absolute atomic E-state index is 0.252. The number of ether oxygens (including phenoxy) is 2. The van der Waals surface area contributed by atoms with Crippen molar-refractivity contribution in [1.29, 1.82) is 0 Å². The number of esters is 2. The van der Waals surface area contributed by atoms with Crippen LogP contribution in [-0.2, 0) is 19.1 Å². The molecule has 0 unspecified atom stereocenters. The highest BCUT2D eigenvalue weighted by Crippen LogP contribution is 2.27. The summed E-state index contributed by atoms with van der Waals surface area (Å²) in [7, 11) is 0. The number of hydrogen-bond donors (Lipinski definition) is 0. The molecule has 1 rings (SSSR count). The highest BCUT2D eigenvalue weighted by Gasteiger charge is 2.13. The highest BCUT2D eigenvalue weighted by atomic mass is 16.7. The molecule has 0 aromatic carbocycles. The summed E-state index contributed by atoms with van der Waals surface area (Å²) in [5.41, 5.74) is 0. The van der Waals surface area contributed by atoms with E-state index in [1.165, 1.54) is 39.0 Å².